The van der Waals surface area contributed by atoms with Gasteiger partial charge in [0.1, 0.15) is 6.61 Å². The fourth-order valence-electron chi connectivity index (χ4n) is 4.06. The van der Waals surface area contributed by atoms with Crippen molar-refractivity contribution in [2.45, 2.75) is 45.3 Å². The smallest absolute Gasteiger partial charge is 0.282 e. The molecular formula is C22H23N3O3. The average Bonchev–Trinajstić information content (AvgIpc) is 2.73. The molecule has 1 aromatic heterocycles. The number of ether oxygens (including phenoxy) is 1. The minimum atomic E-state index is 0.0241. The first-order valence-electron chi connectivity index (χ1n) is 9.63. The molecule has 6 heteroatoms. The second-order valence-corrected chi connectivity index (χ2v) is 7.22. The third-order valence-electron chi connectivity index (χ3n) is 5.55. The molecule has 0 spiro atoms. The summed E-state index contributed by atoms with van der Waals surface area (Å²) < 4.78 is 5.50. The van der Waals surface area contributed by atoms with Crippen LogP contribution in [0.3, 0.4) is 0 Å². The third-order valence-corrected chi connectivity index (χ3v) is 5.55. The summed E-state index contributed by atoms with van der Waals surface area (Å²) in [6, 6.07) is 6.17. The standard InChI is InChI=1S/C22H23N3O3/c1-3-21(27)24-19-6-4-5-16-17(10-23-11-18(16)19)14-7-8-20-15(9-14)13-28-22(12-26)25(20)2/h7-11,19H,3-6,13H2,1-2H3,(H,24,27)/t19-/m1/s1. The van der Waals surface area contributed by atoms with Gasteiger partial charge >= 0.3 is 0 Å². The highest BCUT2D eigenvalue weighted by atomic mass is 16.5. The van der Waals surface area contributed by atoms with Crippen LogP contribution in [-0.4, -0.2) is 23.9 Å². The second-order valence-electron chi connectivity index (χ2n) is 7.22. The van der Waals surface area contributed by atoms with E-state index in [0.29, 0.717) is 13.0 Å². The Kier molecular flexibility index (Phi) is 4.88. The van der Waals surface area contributed by atoms with E-state index in [9.17, 15) is 9.59 Å². The lowest BCUT2D eigenvalue weighted by molar-refractivity contribution is -0.121. The lowest BCUT2D eigenvalue weighted by atomic mass is 9.84. The van der Waals surface area contributed by atoms with E-state index in [1.54, 1.807) is 11.9 Å². The molecule has 1 amide bonds. The van der Waals surface area contributed by atoms with Gasteiger partial charge in [-0.2, -0.15) is 0 Å². The normalized spacial score (nSPS) is 17.9. The SMILES string of the molecule is CCC(=O)N[C@@H]1CCCc2c(-c3ccc4c(c3)COC(=C=O)N4C)cncc21. The summed E-state index contributed by atoms with van der Waals surface area (Å²) in [6.45, 7) is 2.21. The lowest BCUT2D eigenvalue weighted by Crippen LogP contribution is -2.30. The van der Waals surface area contributed by atoms with E-state index in [-0.39, 0.29) is 17.8 Å². The van der Waals surface area contributed by atoms with Crippen LogP contribution in [-0.2, 0) is 27.4 Å². The molecule has 0 saturated heterocycles. The number of carbonyl (C=O) groups excluding carboxylic acids is 2. The Balaban J connectivity index is 1.72. The lowest BCUT2D eigenvalue weighted by Gasteiger charge is -2.29. The van der Waals surface area contributed by atoms with Gasteiger partial charge in [0.05, 0.1) is 11.7 Å². The highest BCUT2D eigenvalue weighted by Crippen LogP contribution is 2.38. The number of nitrogens with one attached hydrogen (secondary N) is 1. The van der Waals surface area contributed by atoms with Crippen molar-refractivity contribution in [2.24, 2.45) is 0 Å². The predicted molar refractivity (Wildman–Crippen MR) is 106 cm³/mol. The van der Waals surface area contributed by atoms with Gasteiger partial charge in [-0.1, -0.05) is 13.0 Å². The van der Waals surface area contributed by atoms with Crippen LogP contribution in [0.2, 0.25) is 0 Å². The van der Waals surface area contributed by atoms with Crippen molar-refractivity contribution < 1.29 is 14.3 Å². The van der Waals surface area contributed by atoms with Gasteiger partial charge in [0.2, 0.25) is 5.91 Å². The molecule has 28 heavy (non-hydrogen) atoms. The maximum atomic E-state index is 11.9. The fourth-order valence-corrected chi connectivity index (χ4v) is 4.06. The number of aromatic nitrogens is 1. The molecule has 4 rings (SSSR count). The Bertz CT molecular complexity index is 979. The minimum Gasteiger partial charge on any atom is -0.466 e. The number of amides is 1. The maximum absolute atomic E-state index is 11.9. The van der Waals surface area contributed by atoms with Crippen LogP contribution in [0.5, 0.6) is 0 Å². The van der Waals surface area contributed by atoms with Crippen LogP contribution in [0.15, 0.2) is 36.5 Å². The van der Waals surface area contributed by atoms with Crippen LogP contribution in [0.1, 0.15) is 48.9 Å². The van der Waals surface area contributed by atoms with Gasteiger partial charge in [0.25, 0.3) is 5.88 Å². The molecule has 0 unspecified atom stereocenters. The summed E-state index contributed by atoms with van der Waals surface area (Å²) >= 11 is 0. The topological polar surface area (TPSA) is 71.5 Å². The molecule has 0 radical (unpaired) electrons. The molecule has 144 valence electrons. The van der Waals surface area contributed by atoms with Crippen molar-refractivity contribution in [3.8, 4) is 11.1 Å². The van der Waals surface area contributed by atoms with Gasteiger partial charge in [0.15, 0.2) is 5.94 Å². The van der Waals surface area contributed by atoms with Crippen molar-refractivity contribution in [1.82, 2.24) is 10.3 Å². The van der Waals surface area contributed by atoms with Crippen molar-refractivity contribution in [2.75, 3.05) is 11.9 Å². The number of fused-ring (bicyclic) bond motifs is 2. The van der Waals surface area contributed by atoms with E-state index in [0.717, 1.165) is 47.2 Å². The first-order valence-corrected chi connectivity index (χ1v) is 9.63. The molecule has 2 aromatic rings. The summed E-state index contributed by atoms with van der Waals surface area (Å²) in [5.74, 6) is 2.10. The number of anilines is 1. The first kappa shape index (κ1) is 18.3. The number of hydrogen-bond acceptors (Lipinski definition) is 5. The van der Waals surface area contributed by atoms with E-state index >= 15 is 0 Å². The summed E-state index contributed by atoms with van der Waals surface area (Å²) in [4.78, 5) is 29.1. The van der Waals surface area contributed by atoms with E-state index < -0.39 is 0 Å². The average molecular weight is 377 g/mol. The zero-order valence-corrected chi connectivity index (χ0v) is 16.1. The number of rotatable bonds is 3. The quantitative estimate of drug-likeness (QED) is 0.831. The predicted octanol–water partition coefficient (Wildman–Crippen LogP) is 3.29. The molecule has 1 atom stereocenters. The van der Waals surface area contributed by atoms with Crippen LogP contribution < -0.4 is 10.2 Å². The zero-order chi connectivity index (χ0) is 19.7. The summed E-state index contributed by atoms with van der Waals surface area (Å²) in [5, 5.41) is 3.13. The van der Waals surface area contributed by atoms with Gasteiger partial charge in [-0.05, 0) is 48.1 Å². The maximum Gasteiger partial charge on any atom is 0.282 e. The van der Waals surface area contributed by atoms with E-state index in [2.05, 4.69) is 22.4 Å². The van der Waals surface area contributed by atoms with Gasteiger partial charge in [-0.3, -0.25) is 9.78 Å². The number of hydrogen-bond donors (Lipinski definition) is 1. The molecule has 0 saturated carbocycles. The number of pyridine rings is 1. The Labute approximate surface area is 164 Å². The molecule has 2 aliphatic rings. The van der Waals surface area contributed by atoms with E-state index in [1.807, 2.05) is 31.3 Å². The molecule has 1 N–H and O–H groups in total. The summed E-state index contributed by atoms with van der Waals surface area (Å²) in [7, 11) is 1.80. The number of carbonyl (C=O) groups is 1. The fraction of sp³-hybridized carbons (Fsp3) is 0.364. The first-order chi connectivity index (χ1) is 13.6. The highest BCUT2D eigenvalue weighted by Gasteiger charge is 2.25. The summed E-state index contributed by atoms with van der Waals surface area (Å²) in [6.07, 6.45) is 7.20. The molecule has 6 nitrogen and oxygen atoms in total. The van der Waals surface area contributed by atoms with Crippen LogP contribution in [0.25, 0.3) is 11.1 Å². The Morgan fingerprint density at radius 1 is 1.39 bits per heavy atom. The Morgan fingerprint density at radius 3 is 3.04 bits per heavy atom. The van der Waals surface area contributed by atoms with Gasteiger partial charge in [0, 0.05) is 37.0 Å². The molecule has 0 bridgehead atoms. The third kappa shape index (κ3) is 3.16. The van der Waals surface area contributed by atoms with Crippen molar-refractivity contribution in [3.63, 3.8) is 0 Å². The minimum absolute atomic E-state index is 0.0241. The molecular weight excluding hydrogens is 354 g/mol. The highest BCUT2D eigenvalue weighted by molar-refractivity contribution is 5.77. The van der Waals surface area contributed by atoms with Gasteiger partial charge in [-0.25, -0.2) is 4.79 Å². The van der Waals surface area contributed by atoms with E-state index in [4.69, 9.17) is 4.74 Å². The van der Waals surface area contributed by atoms with Crippen LogP contribution in [0, 0.1) is 0 Å². The van der Waals surface area contributed by atoms with Crippen molar-refractivity contribution in [1.29, 1.82) is 0 Å². The summed E-state index contributed by atoms with van der Waals surface area (Å²) in [5.41, 5.74) is 6.49. The monoisotopic (exact) mass is 377 g/mol. The Hall–Kier alpha value is -3.11. The van der Waals surface area contributed by atoms with Gasteiger partial charge < -0.3 is 15.0 Å². The molecule has 2 heterocycles. The number of nitrogens with zero attached hydrogens (tertiary/aromatic N) is 2. The second kappa shape index (κ2) is 7.49. The van der Waals surface area contributed by atoms with Crippen LogP contribution >= 0.6 is 0 Å². The van der Waals surface area contributed by atoms with Crippen molar-refractivity contribution >= 4 is 17.5 Å². The van der Waals surface area contributed by atoms with Crippen molar-refractivity contribution in [3.05, 3.63) is 53.2 Å². The van der Waals surface area contributed by atoms with E-state index in [1.165, 1.54) is 5.56 Å². The molecule has 1 aliphatic carbocycles. The molecule has 0 fully saturated rings. The zero-order valence-electron chi connectivity index (χ0n) is 16.1. The molecule has 1 aliphatic heterocycles. The Morgan fingerprint density at radius 2 is 2.25 bits per heavy atom. The number of benzene rings is 1. The largest absolute Gasteiger partial charge is 0.466 e. The van der Waals surface area contributed by atoms with Gasteiger partial charge in [-0.15, -0.1) is 0 Å². The molecule has 1 aromatic carbocycles. The van der Waals surface area contributed by atoms with Crippen LogP contribution in [0.4, 0.5) is 5.69 Å².